The van der Waals surface area contributed by atoms with E-state index in [1.807, 2.05) is 0 Å². The van der Waals surface area contributed by atoms with E-state index in [-0.39, 0.29) is 0 Å². The first-order valence-corrected chi connectivity index (χ1v) is 13.9. The Kier molecular flexibility index (Phi) is 8.90. The maximum atomic E-state index is 6.34. The number of rotatable bonds is 11. The summed E-state index contributed by atoms with van der Waals surface area (Å²) in [6, 6.07) is 13.2. The normalized spacial score (nSPS) is 17.3. The number of aliphatic imine (C=N–C) groups is 1. The van der Waals surface area contributed by atoms with Crippen molar-refractivity contribution >= 4 is 29.6 Å². The lowest BCUT2D eigenvalue weighted by molar-refractivity contribution is 0.0322. The van der Waals surface area contributed by atoms with Crippen LogP contribution in [-0.4, -0.2) is 69.7 Å². The zero-order valence-corrected chi connectivity index (χ0v) is 22.7. The van der Waals surface area contributed by atoms with E-state index in [2.05, 4.69) is 103 Å². The molecule has 0 unspecified atom stereocenters. The lowest BCUT2D eigenvalue weighted by atomic mass is 10.0. The highest BCUT2D eigenvalue weighted by Gasteiger charge is 2.12. The second-order valence-electron chi connectivity index (χ2n) is 9.89. The van der Waals surface area contributed by atoms with E-state index in [9.17, 15) is 0 Å². The number of fused-ring (bicyclic) bond motifs is 1. The van der Waals surface area contributed by atoms with Crippen molar-refractivity contribution in [1.82, 2.24) is 4.90 Å². The summed E-state index contributed by atoms with van der Waals surface area (Å²) in [5.74, 6) is 0.924. The van der Waals surface area contributed by atoms with Gasteiger partial charge in [-0.25, -0.2) is 0 Å². The average Bonchev–Trinajstić information content (AvgIpc) is 3.62. The third-order valence-corrected chi connectivity index (χ3v) is 7.40. The first-order chi connectivity index (χ1) is 18.7. The second-order valence-corrected chi connectivity index (χ2v) is 9.89. The summed E-state index contributed by atoms with van der Waals surface area (Å²) >= 11 is 0. The van der Waals surface area contributed by atoms with Crippen LogP contribution >= 0.6 is 0 Å². The Bertz CT molecular complexity index is 1260. The van der Waals surface area contributed by atoms with Crippen molar-refractivity contribution in [2.75, 3.05) is 64.0 Å². The van der Waals surface area contributed by atoms with Crippen LogP contribution in [0.25, 0.3) is 18.2 Å². The largest absolute Gasteiger partial charge is 0.492 e. The van der Waals surface area contributed by atoms with Gasteiger partial charge in [0.25, 0.3) is 0 Å². The van der Waals surface area contributed by atoms with Gasteiger partial charge >= 0.3 is 0 Å². The Balaban J connectivity index is 1.25. The first kappa shape index (κ1) is 26.2. The molecule has 5 heteroatoms. The van der Waals surface area contributed by atoms with E-state index >= 15 is 0 Å². The van der Waals surface area contributed by atoms with E-state index in [1.165, 1.54) is 28.0 Å². The Morgan fingerprint density at radius 1 is 1.00 bits per heavy atom. The molecule has 0 amide bonds. The van der Waals surface area contributed by atoms with Crippen molar-refractivity contribution in [3.63, 3.8) is 0 Å². The fourth-order valence-electron chi connectivity index (χ4n) is 5.11. The first-order valence-electron chi connectivity index (χ1n) is 13.9. The molecule has 2 aromatic carbocycles. The molecule has 0 atom stereocenters. The maximum absolute atomic E-state index is 6.34. The summed E-state index contributed by atoms with van der Waals surface area (Å²) in [6.07, 6.45) is 16.2. The van der Waals surface area contributed by atoms with Crippen LogP contribution in [0.5, 0.6) is 5.75 Å². The van der Waals surface area contributed by atoms with E-state index in [1.54, 1.807) is 0 Å². The summed E-state index contributed by atoms with van der Waals surface area (Å²) in [5, 5.41) is 0. The van der Waals surface area contributed by atoms with Gasteiger partial charge in [0.1, 0.15) is 12.4 Å². The van der Waals surface area contributed by atoms with Crippen LogP contribution in [0.3, 0.4) is 0 Å². The van der Waals surface area contributed by atoms with Gasteiger partial charge in [0, 0.05) is 50.0 Å². The minimum atomic E-state index is 0.664. The van der Waals surface area contributed by atoms with E-state index in [4.69, 9.17) is 14.5 Å². The number of benzene rings is 2. The van der Waals surface area contributed by atoms with Crippen LogP contribution in [0, 0.1) is 0 Å². The monoisotopic (exact) mass is 509 g/mol. The van der Waals surface area contributed by atoms with Crippen molar-refractivity contribution in [2.24, 2.45) is 4.99 Å². The molecule has 0 spiro atoms. The van der Waals surface area contributed by atoms with Crippen LogP contribution in [0.4, 0.5) is 5.69 Å². The molecular weight excluding hydrogens is 470 g/mol. The Hall–Kier alpha value is -3.41. The molecule has 0 N–H and O–H groups in total. The Labute approximate surface area is 227 Å². The molecule has 2 aliphatic heterocycles. The van der Waals surface area contributed by atoms with E-state index in [0.29, 0.717) is 13.2 Å². The summed E-state index contributed by atoms with van der Waals surface area (Å²) < 4.78 is 11.8. The molecule has 198 valence electrons. The average molecular weight is 510 g/mol. The molecule has 0 bridgehead atoms. The minimum absolute atomic E-state index is 0.664. The molecular formula is C33H39N3O2. The fourth-order valence-corrected chi connectivity index (χ4v) is 5.11. The predicted octanol–water partition coefficient (Wildman–Crippen LogP) is 5.92. The zero-order chi connectivity index (χ0) is 26.2. The molecule has 3 aliphatic rings. The number of nitrogens with zero attached hydrogens (tertiary/aromatic N) is 3. The number of ether oxygens (including phenoxy) is 2. The highest BCUT2D eigenvalue weighted by Crippen LogP contribution is 2.28. The van der Waals surface area contributed by atoms with Crippen LogP contribution in [0.15, 0.2) is 71.3 Å². The van der Waals surface area contributed by atoms with E-state index in [0.717, 1.165) is 69.4 Å². The third-order valence-electron chi connectivity index (χ3n) is 7.40. The van der Waals surface area contributed by atoms with Gasteiger partial charge in [-0.3, -0.25) is 9.89 Å². The molecule has 2 aromatic rings. The van der Waals surface area contributed by atoms with Gasteiger partial charge < -0.3 is 14.4 Å². The van der Waals surface area contributed by atoms with Crippen molar-refractivity contribution < 1.29 is 9.47 Å². The summed E-state index contributed by atoms with van der Waals surface area (Å²) in [7, 11) is 0. The quantitative estimate of drug-likeness (QED) is 0.377. The van der Waals surface area contributed by atoms with Crippen molar-refractivity contribution in [3.8, 4) is 5.75 Å². The number of hydrogen-bond acceptors (Lipinski definition) is 5. The van der Waals surface area contributed by atoms with Gasteiger partial charge in [-0.15, -0.1) is 0 Å². The molecule has 1 saturated heterocycles. The summed E-state index contributed by atoms with van der Waals surface area (Å²) in [6.45, 7) is 12.2. The van der Waals surface area contributed by atoms with Crippen LogP contribution in [0.1, 0.15) is 36.1 Å². The molecule has 0 saturated carbocycles. The Morgan fingerprint density at radius 2 is 1.87 bits per heavy atom. The predicted molar refractivity (Wildman–Crippen MR) is 160 cm³/mol. The highest BCUT2D eigenvalue weighted by atomic mass is 16.5. The number of hydrogen-bond donors (Lipinski definition) is 0. The van der Waals surface area contributed by atoms with Crippen molar-refractivity contribution in [1.29, 1.82) is 0 Å². The van der Waals surface area contributed by atoms with Crippen LogP contribution in [-0.2, 0) is 11.2 Å². The lowest BCUT2D eigenvalue weighted by Crippen LogP contribution is -2.38. The molecule has 0 radical (unpaired) electrons. The number of morpholine rings is 1. The molecule has 0 aromatic heterocycles. The lowest BCUT2D eigenvalue weighted by Gasteiger charge is -2.27. The second kappa shape index (κ2) is 12.9. The number of allylic oxidation sites excluding steroid dienone is 3. The third kappa shape index (κ3) is 6.72. The van der Waals surface area contributed by atoms with Gasteiger partial charge in [-0.1, -0.05) is 42.5 Å². The SMILES string of the molecule is CCN(CC)c1ccc(/C=C/C2=NCC(/C=C/c3ccc4c(c3)CC=C4)=C2)c(OCCN2CCOCC2)c1. The Morgan fingerprint density at radius 3 is 2.71 bits per heavy atom. The smallest absolute Gasteiger partial charge is 0.128 e. The fraction of sp³-hybridized carbons (Fsp3) is 0.364. The van der Waals surface area contributed by atoms with E-state index < -0.39 is 0 Å². The summed E-state index contributed by atoms with van der Waals surface area (Å²) in [5.41, 5.74) is 8.48. The zero-order valence-electron chi connectivity index (χ0n) is 22.7. The maximum Gasteiger partial charge on any atom is 0.128 e. The van der Waals surface area contributed by atoms with Gasteiger partial charge in [0.15, 0.2) is 0 Å². The van der Waals surface area contributed by atoms with Gasteiger partial charge in [-0.05, 0) is 72.9 Å². The molecule has 5 nitrogen and oxygen atoms in total. The number of anilines is 1. The molecule has 1 aliphatic carbocycles. The molecule has 1 fully saturated rings. The standard InChI is InChI=1S/C33H39N3O2/c1-3-36(4-2)32-15-13-29(33(24-32)38-21-18-35-16-19-37-20-17-35)12-14-31-23-27(25-34-31)9-8-26-10-11-28-6-5-7-30(28)22-26/h5-6,8-15,22-24H,3-4,7,16-21,25H2,1-2H3/b9-8+,14-12+. The van der Waals surface area contributed by atoms with Crippen LogP contribution in [0.2, 0.25) is 0 Å². The van der Waals surface area contributed by atoms with Gasteiger partial charge in [0.2, 0.25) is 0 Å². The van der Waals surface area contributed by atoms with Gasteiger partial charge in [0.05, 0.1) is 25.5 Å². The van der Waals surface area contributed by atoms with Gasteiger partial charge in [-0.2, -0.15) is 0 Å². The molecule has 38 heavy (non-hydrogen) atoms. The minimum Gasteiger partial charge on any atom is -0.492 e. The topological polar surface area (TPSA) is 37.3 Å². The summed E-state index contributed by atoms with van der Waals surface area (Å²) in [4.78, 5) is 9.49. The van der Waals surface area contributed by atoms with Crippen LogP contribution < -0.4 is 9.64 Å². The van der Waals surface area contributed by atoms with Crippen molar-refractivity contribution in [3.05, 3.63) is 88.5 Å². The van der Waals surface area contributed by atoms with Crippen molar-refractivity contribution in [2.45, 2.75) is 20.3 Å². The molecule has 2 heterocycles. The highest BCUT2D eigenvalue weighted by molar-refractivity contribution is 6.08. The molecule has 5 rings (SSSR count).